The Kier molecular flexibility index (Phi) is 4.99. The summed E-state index contributed by atoms with van der Waals surface area (Å²) in [7, 11) is 3.81. The summed E-state index contributed by atoms with van der Waals surface area (Å²) in [6.45, 7) is 1.24. The Morgan fingerprint density at radius 2 is 1.90 bits per heavy atom. The Morgan fingerprint density at radius 1 is 1.15 bits per heavy atom. The minimum absolute atomic E-state index is 0.183. The van der Waals surface area contributed by atoms with Crippen molar-refractivity contribution in [3.8, 4) is 0 Å². The van der Waals surface area contributed by atoms with E-state index in [1.54, 1.807) is 12.1 Å². The molecule has 1 N–H and O–H groups in total. The molecule has 0 bridgehead atoms. The number of hydrogen-bond donors (Lipinski definition) is 1. The molecule has 0 saturated carbocycles. The molecule has 106 valence electrons. The van der Waals surface area contributed by atoms with Gasteiger partial charge in [0.25, 0.3) is 0 Å². The minimum atomic E-state index is -0.183. The molecular formula is C16H18ClFN2. The first-order valence-electron chi connectivity index (χ1n) is 6.49. The molecule has 20 heavy (non-hydrogen) atoms. The molecule has 0 aromatic heterocycles. The summed E-state index contributed by atoms with van der Waals surface area (Å²) in [6.07, 6.45) is 0. The third-order valence-corrected chi connectivity index (χ3v) is 3.56. The van der Waals surface area contributed by atoms with E-state index in [0.29, 0.717) is 12.1 Å². The van der Waals surface area contributed by atoms with Crippen molar-refractivity contribution >= 4 is 17.3 Å². The van der Waals surface area contributed by atoms with Crippen LogP contribution in [0.15, 0.2) is 42.5 Å². The topological polar surface area (TPSA) is 15.3 Å². The first-order chi connectivity index (χ1) is 9.61. The number of hydrogen-bond acceptors (Lipinski definition) is 2. The van der Waals surface area contributed by atoms with Crippen LogP contribution in [0, 0.1) is 5.82 Å². The van der Waals surface area contributed by atoms with Crippen molar-refractivity contribution in [3.05, 3.63) is 64.4 Å². The van der Waals surface area contributed by atoms with Crippen LogP contribution in [-0.4, -0.2) is 14.1 Å². The number of nitrogens with zero attached hydrogens (tertiary/aromatic N) is 1. The quantitative estimate of drug-likeness (QED) is 0.901. The highest BCUT2D eigenvalue weighted by Crippen LogP contribution is 2.24. The molecule has 4 heteroatoms. The maximum atomic E-state index is 13.6. The van der Waals surface area contributed by atoms with E-state index in [4.69, 9.17) is 11.6 Å². The molecule has 2 rings (SSSR count). The lowest BCUT2D eigenvalue weighted by atomic mass is 10.1. The summed E-state index contributed by atoms with van der Waals surface area (Å²) in [5.74, 6) is -0.183. The summed E-state index contributed by atoms with van der Waals surface area (Å²) < 4.78 is 13.6. The lowest BCUT2D eigenvalue weighted by molar-refractivity contribution is 0.608. The summed E-state index contributed by atoms with van der Waals surface area (Å²) in [5, 5.41) is 3.79. The highest BCUT2D eigenvalue weighted by molar-refractivity contribution is 6.31. The molecule has 2 aromatic carbocycles. The van der Waals surface area contributed by atoms with Gasteiger partial charge in [-0.3, -0.25) is 0 Å². The number of benzene rings is 2. The van der Waals surface area contributed by atoms with Gasteiger partial charge in [-0.1, -0.05) is 35.9 Å². The molecular weight excluding hydrogens is 275 g/mol. The smallest absolute Gasteiger partial charge is 0.128 e. The first kappa shape index (κ1) is 14.8. The van der Waals surface area contributed by atoms with Gasteiger partial charge in [-0.15, -0.1) is 0 Å². The number of halogens is 2. The lowest BCUT2D eigenvalue weighted by Crippen LogP contribution is -2.17. The van der Waals surface area contributed by atoms with Gasteiger partial charge >= 0.3 is 0 Å². The van der Waals surface area contributed by atoms with Crippen LogP contribution in [0.4, 0.5) is 10.1 Å². The second-order valence-corrected chi connectivity index (χ2v) is 5.16. The molecule has 0 saturated heterocycles. The van der Waals surface area contributed by atoms with Crippen molar-refractivity contribution < 1.29 is 4.39 Å². The van der Waals surface area contributed by atoms with E-state index in [-0.39, 0.29) is 5.82 Å². The summed E-state index contributed by atoms with van der Waals surface area (Å²) in [5.41, 5.74) is 2.70. The zero-order valence-corrected chi connectivity index (χ0v) is 12.4. The van der Waals surface area contributed by atoms with Crippen molar-refractivity contribution in [2.45, 2.75) is 13.1 Å². The summed E-state index contributed by atoms with van der Waals surface area (Å²) in [4.78, 5) is 1.98. The van der Waals surface area contributed by atoms with Crippen LogP contribution < -0.4 is 10.2 Å². The van der Waals surface area contributed by atoms with Crippen LogP contribution in [0.5, 0.6) is 0 Å². The fraction of sp³-hybridized carbons (Fsp3) is 0.250. The van der Waals surface area contributed by atoms with Gasteiger partial charge in [0.15, 0.2) is 0 Å². The van der Waals surface area contributed by atoms with E-state index in [9.17, 15) is 4.39 Å². The van der Waals surface area contributed by atoms with Gasteiger partial charge in [-0.2, -0.15) is 0 Å². The van der Waals surface area contributed by atoms with E-state index in [1.165, 1.54) is 6.07 Å². The Hall–Kier alpha value is -1.58. The largest absolute Gasteiger partial charge is 0.370 e. The first-order valence-corrected chi connectivity index (χ1v) is 6.87. The average Bonchev–Trinajstić information content (AvgIpc) is 2.43. The monoisotopic (exact) mass is 292 g/mol. The Labute approximate surface area is 124 Å². The molecule has 0 radical (unpaired) electrons. The van der Waals surface area contributed by atoms with E-state index >= 15 is 0 Å². The Bertz CT molecular complexity index is 586. The molecule has 0 atom stereocenters. The molecule has 0 aliphatic carbocycles. The van der Waals surface area contributed by atoms with Gasteiger partial charge in [0.05, 0.1) is 0 Å². The third-order valence-electron chi connectivity index (χ3n) is 3.21. The van der Waals surface area contributed by atoms with Crippen LogP contribution in [0.3, 0.4) is 0 Å². The van der Waals surface area contributed by atoms with Crippen LogP contribution in [0.1, 0.15) is 11.1 Å². The molecule has 2 aromatic rings. The molecule has 0 amide bonds. The summed E-state index contributed by atoms with van der Waals surface area (Å²) in [6, 6.07) is 12.7. The normalized spacial score (nSPS) is 10.6. The van der Waals surface area contributed by atoms with E-state index in [0.717, 1.165) is 22.8 Å². The minimum Gasteiger partial charge on any atom is -0.370 e. The predicted octanol–water partition coefficient (Wildman–Crippen LogP) is 3.83. The molecule has 0 fully saturated rings. The molecule has 0 aliphatic heterocycles. The number of rotatable bonds is 5. The second-order valence-electron chi connectivity index (χ2n) is 4.75. The third kappa shape index (κ3) is 3.50. The molecule has 0 unspecified atom stereocenters. The molecule has 0 spiro atoms. The van der Waals surface area contributed by atoms with Gasteiger partial charge in [0.1, 0.15) is 5.82 Å². The molecule has 0 heterocycles. The van der Waals surface area contributed by atoms with Crippen LogP contribution >= 0.6 is 11.6 Å². The van der Waals surface area contributed by atoms with Crippen molar-refractivity contribution in [2.24, 2.45) is 0 Å². The molecule has 0 aliphatic rings. The Morgan fingerprint density at radius 3 is 2.55 bits per heavy atom. The van der Waals surface area contributed by atoms with Crippen LogP contribution in [0.2, 0.25) is 5.02 Å². The second kappa shape index (κ2) is 6.73. The van der Waals surface area contributed by atoms with E-state index < -0.39 is 0 Å². The predicted molar refractivity (Wildman–Crippen MR) is 82.7 cm³/mol. The van der Waals surface area contributed by atoms with Gasteiger partial charge in [-0.25, -0.2) is 4.39 Å². The zero-order valence-electron chi connectivity index (χ0n) is 11.7. The standard InChI is InChI=1S/C16H18ClFN2/c1-19-10-12-7-8-14(9-15(12)17)20(2)11-13-5-3-4-6-16(13)18/h3-9,19H,10-11H2,1-2H3. The number of nitrogens with one attached hydrogen (secondary N) is 1. The maximum absolute atomic E-state index is 13.6. The van der Waals surface area contributed by atoms with Crippen molar-refractivity contribution in [1.29, 1.82) is 0 Å². The fourth-order valence-electron chi connectivity index (χ4n) is 2.08. The van der Waals surface area contributed by atoms with Gasteiger partial charge < -0.3 is 10.2 Å². The average molecular weight is 293 g/mol. The highest BCUT2D eigenvalue weighted by atomic mass is 35.5. The van der Waals surface area contributed by atoms with Gasteiger partial charge in [0, 0.05) is 36.4 Å². The van der Waals surface area contributed by atoms with Gasteiger partial charge in [0.2, 0.25) is 0 Å². The highest BCUT2D eigenvalue weighted by Gasteiger charge is 2.08. The van der Waals surface area contributed by atoms with E-state index in [2.05, 4.69) is 5.32 Å². The maximum Gasteiger partial charge on any atom is 0.128 e. The van der Waals surface area contributed by atoms with E-state index in [1.807, 2.05) is 43.3 Å². The Balaban J connectivity index is 2.15. The molecule has 2 nitrogen and oxygen atoms in total. The lowest BCUT2D eigenvalue weighted by Gasteiger charge is -2.20. The SMILES string of the molecule is CNCc1ccc(N(C)Cc2ccccc2F)cc1Cl. The number of anilines is 1. The van der Waals surface area contributed by atoms with Crippen LogP contribution in [0.25, 0.3) is 0 Å². The van der Waals surface area contributed by atoms with Crippen molar-refractivity contribution in [2.75, 3.05) is 19.0 Å². The van der Waals surface area contributed by atoms with Crippen molar-refractivity contribution in [3.63, 3.8) is 0 Å². The van der Waals surface area contributed by atoms with Crippen molar-refractivity contribution in [1.82, 2.24) is 5.32 Å². The zero-order chi connectivity index (χ0) is 14.5. The summed E-state index contributed by atoms with van der Waals surface area (Å²) >= 11 is 6.25. The van der Waals surface area contributed by atoms with Crippen LogP contribution in [-0.2, 0) is 13.1 Å². The van der Waals surface area contributed by atoms with Gasteiger partial charge in [-0.05, 0) is 30.8 Å². The fourth-order valence-corrected chi connectivity index (χ4v) is 2.32.